The Labute approximate surface area is 244 Å². The minimum atomic E-state index is -0.735. The molecule has 0 spiro atoms. The molecule has 4 nitrogen and oxygen atoms in total. The largest absolute Gasteiger partial charge is 0.352 e. The second-order valence-corrected chi connectivity index (χ2v) is 11.4. The second kappa shape index (κ2) is 13.7. The van der Waals surface area contributed by atoms with Gasteiger partial charge in [-0.15, -0.1) is 0 Å². The van der Waals surface area contributed by atoms with Crippen molar-refractivity contribution in [2.24, 2.45) is 0 Å². The molecule has 3 aromatic rings. The van der Waals surface area contributed by atoms with Crippen LogP contribution in [0.5, 0.6) is 0 Å². The number of amides is 2. The molecule has 0 aromatic heterocycles. The third-order valence-corrected chi connectivity index (χ3v) is 8.24. The molecular weight excluding hydrogens is 562 g/mol. The first-order valence-electron chi connectivity index (χ1n) is 12.8. The first-order valence-corrected chi connectivity index (χ1v) is 14.3. The highest BCUT2D eigenvalue weighted by molar-refractivity contribution is 6.42. The van der Waals surface area contributed by atoms with Gasteiger partial charge in [-0.05, 0) is 53.8 Å². The zero-order valence-corrected chi connectivity index (χ0v) is 24.0. The van der Waals surface area contributed by atoms with Crippen LogP contribution in [-0.2, 0) is 29.0 Å². The Kier molecular flexibility index (Phi) is 10.4. The van der Waals surface area contributed by atoms with E-state index in [9.17, 15) is 9.59 Å². The second-order valence-electron chi connectivity index (χ2n) is 9.73. The topological polar surface area (TPSA) is 49.4 Å². The Morgan fingerprint density at radius 2 is 1.55 bits per heavy atom. The van der Waals surface area contributed by atoms with Crippen molar-refractivity contribution in [3.63, 3.8) is 0 Å². The fourth-order valence-corrected chi connectivity index (χ4v) is 5.65. The van der Waals surface area contributed by atoms with Crippen LogP contribution in [0.1, 0.15) is 48.8 Å². The van der Waals surface area contributed by atoms with Crippen molar-refractivity contribution in [1.29, 1.82) is 0 Å². The van der Waals surface area contributed by atoms with E-state index >= 15 is 0 Å². The Balaban J connectivity index is 1.68. The molecule has 1 N–H and O–H groups in total. The molecular formula is C30H30Cl4N2O2. The van der Waals surface area contributed by atoms with Gasteiger partial charge in [0, 0.05) is 29.1 Å². The van der Waals surface area contributed by atoms with Gasteiger partial charge < -0.3 is 10.2 Å². The van der Waals surface area contributed by atoms with Crippen molar-refractivity contribution in [2.75, 3.05) is 0 Å². The molecule has 0 aliphatic heterocycles. The summed E-state index contributed by atoms with van der Waals surface area (Å²) in [6.07, 6.45) is 5.70. The van der Waals surface area contributed by atoms with Crippen molar-refractivity contribution in [3.8, 4) is 0 Å². The summed E-state index contributed by atoms with van der Waals surface area (Å²) in [4.78, 5) is 29.4. The van der Waals surface area contributed by atoms with E-state index in [0.29, 0.717) is 37.6 Å². The lowest BCUT2D eigenvalue weighted by molar-refractivity contribution is -0.141. The zero-order valence-electron chi connectivity index (χ0n) is 20.9. The fourth-order valence-electron chi connectivity index (χ4n) is 4.86. The summed E-state index contributed by atoms with van der Waals surface area (Å²) in [5, 5.41) is 4.98. The van der Waals surface area contributed by atoms with Gasteiger partial charge in [-0.1, -0.05) is 108 Å². The summed E-state index contributed by atoms with van der Waals surface area (Å²) in [5.74, 6) is -0.373. The van der Waals surface area contributed by atoms with Crippen molar-refractivity contribution < 1.29 is 9.59 Å². The highest BCUT2D eigenvalue weighted by atomic mass is 35.5. The maximum absolute atomic E-state index is 13.9. The third-order valence-electron chi connectivity index (χ3n) is 6.92. The van der Waals surface area contributed by atoms with Gasteiger partial charge in [-0.2, -0.15) is 0 Å². The third kappa shape index (κ3) is 7.89. The first kappa shape index (κ1) is 28.8. The van der Waals surface area contributed by atoms with Crippen molar-refractivity contribution in [1.82, 2.24) is 10.2 Å². The molecule has 1 atom stereocenters. The van der Waals surface area contributed by atoms with E-state index in [1.54, 1.807) is 41.3 Å². The lowest BCUT2D eigenvalue weighted by atomic mass is 9.94. The molecule has 0 bridgehead atoms. The standard InChI is InChI=1S/C30H30Cl4N2O2/c31-23-13-12-22(26(33)18-23)19-36(29(37)17-21-11-14-25(32)27(34)15-21)28(16-20-7-3-1-4-8-20)30(38)35-24-9-5-2-6-10-24/h1,3-4,7-8,11-15,18,24,28H,2,5-6,9-10,16-17,19H2,(H,35,38)/t28-/m0/s1. The molecule has 8 heteroatoms. The molecule has 2 amide bonds. The lowest BCUT2D eigenvalue weighted by Crippen LogP contribution is -2.53. The van der Waals surface area contributed by atoms with E-state index in [1.165, 1.54) is 6.42 Å². The molecule has 38 heavy (non-hydrogen) atoms. The van der Waals surface area contributed by atoms with E-state index in [0.717, 1.165) is 31.2 Å². The quantitative estimate of drug-likeness (QED) is 0.275. The number of hydrogen-bond acceptors (Lipinski definition) is 2. The van der Waals surface area contributed by atoms with E-state index in [4.69, 9.17) is 46.4 Å². The number of rotatable bonds is 9. The van der Waals surface area contributed by atoms with E-state index in [-0.39, 0.29) is 30.8 Å². The van der Waals surface area contributed by atoms with Gasteiger partial charge in [0.15, 0.2) is 0 Å². The SMILES string of the molecule is O=C(NC1CCCCC1)[C@H](Cc1ccccc1)N(Cc1ccc(Cl)cc1Cl)C(=O)Cc1ccc(Cl)c(Cl)c1. The number of halogens is 4. The van der Waals surface area contributed by atoms with Crippen molar-refractivity contribution in [2.45, 2.75) is 63.6 Å². The van der Waals surface area contributed by atoms with E-state index in [2.05, 4.69) is 5.32 Å². The smallest absolute Gasteiger partial charge is 0.243 e. The predicted octanol–water partition coefficient (Wildman–Crippen LogP) is 7.93. The molecule has 1 aliphatic carbocycles. The van der Waals surface area contributed by atoms with E-state index in [1.807, 2.05) is 30.3 Å². The fraction of sp³-hybridized carbons (Fsp3) is 0.333. The van der Waals surface area contributed by atoms with Crippen molar-refractivity contribution >= 4 is 58.2 Å². The minimum absolute atomic E-state index is 0.0596. The van der Waals surface area contributed by atoms with Gasteiger partial charge in [0.1, 0.15) is 6.04 Å². The minimum Gasteiger partial charge on any atom is -0.352 e. The maximum atomic E-state index is 13.9. The Morgan fingerprint density at radius 1 is 0.816 bits per heavy atom. The van der Waals surface area contributed by atoms with Crippen LogP contribution < -0.4 is 5.32 Å². The number of benzene rings is 3. The molecule has 4 rings (SSSR count). The summed E-state index contributed by atoms with van der Waals surface area (Å²) in [7, 11) is 0. The van der Waals surface area contributed by atoms with Gasteiger partial charge in [0.25, 0.3) is 0 Å². The average Bonchev–Trinajstić information content (AvgIpc) is 2.90. The average molecular weight is 592 g/mol. The van der Waals surface area contributed by atoms with Gasteiger partial charge in [-0.3, -0.25) is 9.59 Å². The molecule has 0 heterocycles. The Morgan fingerprint density at radius 3 is 2.24 bits per heavy atom. The number of carbonyl (C=O) groups excluding carboxylic acids is 2. The monoisotopic (exact) mass is 590 g/mol. The Hall–Kier alpha value is -2.24. The highest BCUT2D eigenvalue weighted by Gasteiger charge is 2.32. The van der Waals surface area contributed by atoms with Crippen molar-refractivity contribution in [3.05, 3.63) is 104 Å². The van der Waals surface area contributed by atoms with E-state index < -0.39 is 6.04 Å². The molecule has 1 aliphatic rings. The molecule has 0 unspecified atom stereocenters. The van der Waals surface area contributed by atoms with Crippen LogP contribution in [0.15, 0.2) is 66.7 Å². The summed E-state index contributed by atoms with van der Waals surface area (Å²) >= 11 is 25.0. The van der Waals surface area contributed by atoms with Crippen LogP contribution in [0.3, 0.4) is 0 Å². The summed E-state index contributed by atoms with van der Waals surface area (Å²) < 4.78 is 0. The zero-order chi connectivity index (χ0) is 27.1. The molecule has 1 fully saturated rings. The van der Waals surface area contributed by atoms with Crippen LogP contribution in [0.4, 0.5) is 0 Å². The lowest BCUT2D eigenvalue weighted by Gasteiger charge is -2.34. The summed E-state index contributed by atoms with van der Waals surface area (Å²) in [6, 6.07) is 19.4. The molecule has 1 saturated carbocycles. The van der Waals surface area contributed by atoms with Crippen LogP contribution in [-0.4, -0.2) is 28.8 Å². The number of carbonyl (C=O) groups is 2. The molecule has 0 saturated heterocycles. The summed E-state index contributed by atoms with van der Waals surface area (Å²) in [6.45, 7) is 0.158. The number of nitrogens with one attached hydrogen (secondary N) is 1. The van der Waals surface area contributed by atoms with Gasteiger partial charge in [0.05, 0.1) is 16.5 Å². The van der Waals surface area contributed by atoms with Gasteiger partial charge in [-0.25, -0.2) is 0 Å². The normalized spacial score (nSPS) is 14.6. The van der Waals surface area contributed by atoms with Crippen LogP contribution >= 0.6 is 46.4 Å². The van der Waals surface area contributed by atoms with Crippen LogP contribution in [0.2, 0.25) is 20.1 Å². The maximum Gasteiger partial charge on any atom is 0.243 e. The van der Waals surface area contributed by atoms with Crippen LogP contribution in [0, 0.1) is 0 Å². The first-order chi connectivity index (χ1) is 18.3. The Bertz CT molecular complexity index is 1260. The predicted molar refractivity (Wildman–Crippen MR) is 156 cm³/mol. The molecule has 0 radical (unpaired) electrons. The summed E-state index contributed by atoms with van der Waals surface area (Å²) in [5.41, 5.74) is 2.38. The number of hydrogen-bond donors (Lipinski definition) is 1. The van der Waals surface area contributed by atoms with Gasteiger partial charge >= 0.3 is 0 Å². The van der Waals surface area contributed by atoms with Gasteiger partial charge in [0.2, 0.25) is 11.8 Å². The van der Waals surface area contributed by atoms with Crippen LogP contribution in [0.25, 0.3) is 0 Å². The molecule has 200 valence electrons. The molecule has 3 aromatic carbocycles. The highest BCUT2D eigenvalue weighted by Crippen LogP contribution is 2.27. The number of nitrogens with zero attached hydrogens (tertiary/aromatic N) is 1.